The summed E-state index contributed by atoms with van der Waals surface area (Å²) in [7, 11) is 0. The molecule has 5 nitrogen and oxygen atoms in total. The molecule has 1 aromatic heterocycles. The summed E-state index contributed by atoms with van der Waals surface area (Å²) in [6, 6.07) is 10.0. The van der Waals surface area contributed by atoms with Gasteiger partial charge in [0.2, 0.25) is 0 Å². The van der Waals surface area contributed by atoms with Crippen molar-refractivity contribution in [3.8, 4) is 0 Å². The van der Waals surface area contributed by atoms with E-state index in [4.69, 9.17) is 10.9 Å². The Morgan fingerprint density at radius 3 is 2.95 bits per heavy atom. The van der Waals surface area contributed by atoms with Crippen molar-refractivity contribution in [1.29, 1.82) is 0 Å². The van der Waals surface area contributed by atoms with Crippen LogP contribution < -0.4 is 11.1 Å². The monoisotopic (exact) mass is 288 g/mol. The molecule has 110 valence electrons. The second kappa shape index (κ2) is 6.81. The zero-order chi connectivity index (χ0) is 15.2. The van der Waals surface area contributed by atoms with E-state index in [9.17, 15) is 4.39 Å². The molecular formula is C15H17FN4O. The van der Waals surface area contributed by atoms with Gasteiger partial charge >= 0.3 is 0 Å². The van der Waals surface area contributed by atoms with Crippen molar-refractivity contribution in [2.24, 2.45) is 10.9 Å². The lowest BCUT2D eigenvalue weighted by molar-refractivity contribution is 0.318. The molecule has 0 bridgehead atoms. The number of pyridine rings is 1. The maximum Gasteiger partial charge on any atom is 0.189 e. The normalized spacial score (nSPS) is 13.1. The fourth-order valence-electron chi connectivity index (χ4n) is 2.02. The van der Waals surface area contributed by atoms with Crippen LogP contribution in [0.25, 0.3) is 0 Å². The molecule has 1 heterocycles. The molecule has 2 rings (SSSR count). The third-order valence-corrected chi connectivity index (χ3v) is 3.19. The second-order valence-electron chi connectivity index (χ2n) is 4.65. The lowest BCUT2D eigenvalue weighted by Gasteiger charge is -2.15. The molecule has 0 aliphatic rings. The molecule has 21 heavy (non-hydrogen) atoms. The number of aromatic nitrogens is 1. The van der Waals surface area contributed by atoms with E-state index in [1.807, 2.05) is 19.1 Å². The molecule has 0 aliphatic carbocycles. The van der Waals surface area contributed by atoms with Gasteiger partial charge in [0, 0.05) is 18.8 Å². The minimum Gasteiger partial charge on any atom is -0.409 e. The lowest BCUT2D eigenvalue weighted by Crippen LogP contribution is -2.23. The number of nitrogens with one attached hydrogen (secondary N) is 1. The van der Waals surface area contributed by atoms with Crippen LogP contribution in [-0.4, -0.2) is 16.0 Å². The zero-order valence-electron chi connectivity index (χ0n) is 11.6. The van der Waals surface area contributed by atoms with E-state index in [1.54, 1.807) is 18.3 Å². The maximum absolute atomic E-state index is 13.2. The van der Waals surface area contributed by atoms with Gasteiger partial charge in [0.15, 0.2) is 5.84 Å². The predicted octanol–water partition coefficient (Wildman–Crippen LogP) is 2.17. The molecule has 1 unspecified atom stereocenters. The van der Waals surface area contributed by atoms with Gasteiger partial charge in [-0.05, 0) is 36.2 Å². The number of amidine groups is 1. The number of oxime groups is 1. The highest BCUT2D eigenvalue weighted by Gasteiger charge is 2.10. The van der Waals surface area contributed by atoms with Gasteiger partial charge in [-0.2, -0.15) is 0 Å². The van der Waals surface area contributed by atoms with Gasteiger partial charge in [-0.25, -0.2) is 4.39 Å². The van der Waals surface area contributed by atoms with E-state index in [2.05, 4.69) is 15.5 Å². The Morgan fingerprint density at radius 1 is 1.43 bits per heavy atom. The smallest absolute Gasteiger partial charge is 0.189 e. The summed E-state index contributed by atoms with van der Waals surface area (Å²) in [5.74, 6) is -0.300. The predicted molar refractivity (Wildman–Crippen MR) is 78.4 cm³/mol. The summed E-state index contributed by atoms with van der Waals surface area (Å²) in [5, 5.41) is 15.0. The Labute approximate surface area is 122 Å². The average Bonchev–Trinajstić information content (AvgIpc) is 2.52. The van der Waals surface area contributed by atoms with Crippen LogP contribution in [0.1, 0.15) is 29.8 Å². The van der Waals surface area contributed by atoms with Crippen LogP contribution in [-0.2, 0) is 6.54 Å². The molecule has 0 aliphatic heterocycles. The fraction of sp³-hybridized carbons (Fsp3) is 0.200. The molecule has 1 aromatic carbocycles. The first-order valence-corrected chi connectivity index (χ1v) is 6.52. The van der Waals surface area contributed by atoms with Crippen LogP contribution in [0.15, 0.2) is 47.8 Å². The summed E-state index contributed by atoms with van der Waals surface area (Å²) < 4.78 is 13.2. The van der Waals surface area contributed by atoms with E-state index in [0.29, 0.717) is 12.2 Å². The first kappa shape index (κ1) is 14.9. The van der Waals surface area contributed by atoms with Crippen molar-refractivity contribution in [3.63, 3.8) is 0 Å². The molecule has 6 heteroatoms. The highest BCUT2D eigenvalue weighted by atomic mass is 19.1. The quantitative estimate of drug-likeness (QED) is 0.341. The van der Waals surface area contributed by atoms with Gasteiger partial charge in [0.05, 0.1) is 0 Å². The van der Waals surface area contributed by atoms with Crippen molar-refractivity contribution < 1.29 is 9.60 Å². The number of rotatable bonds is 5. The van der Waals surface area contributed by atoms with Crippen LogP contribution in [0.5, 0.6) is 0 Å². The van der Waals surface area contributed by atoms with Crippen LogP contribution >= 0.6 is 0 Å². The highest BCUT2D eigenvalue weighted by molar-refractivity contribution is 5.96. The van der Waals surface area contributed by atoms with Crippen molar-refractivity contribution >= 4 is 5.84 Å². The molecule has 0 spiro atoms. The van der Waals surface area contributed by atoms with Crippen LogP contribution in [0.3, 0.4) is 0 Å². The maximum atomic E-state index is 13.2. The number of hydrogen-bond donors (Lipinski definition) is 3. The van der Waals surface area contributed by atoms with Gasteiger partial charge in [0.1, 0.15) is 11.5 Å². The third-order valence-electron chi connectivity index (χ3n) is 3.19. The summed E-state index contributed by atoms with van der Waals surface area (Å²) in [6.45, 7) is 2.41. The van der Waals surface area contributed by atoms with E-state index < -0.39 is 0 Å². The summed E-state index contributed by atoms with van der Waals surface area (Å²) >= 11 is 0. The van der Waals surface area contributed by atoms with Crippen molar-refractivity contribution in [1.82, 2.24) is 10.3 Å². The molecule has 0 saturated heterocycles. The Hall–Kier alpha value is -2.47. The molecule has 0 saturated carbocycles. The fourth-order valence-corrected chi connectivity index (χ4v) is 2.02. The van der Waals surface area contributed by atoms with Gasteiger partial charge in [-0.1, -0.05) is 23.4 Å². The minimum atomic E-state index is -0.264. The molecule has 2 aromatic rings. The number of hydrogen-bond acceptors (Lipinski definition) is 4. The molecule has 0 fully saturated rings. The van der Waals surface area contributed by atoms with Crippen molar-refractivity contribution in [3.05, 3.63) is 65.2 Å². The van der Waals surface area contributed by atoms with E-state index in [0.717, 1.165) is 11.1 Å². The van der Waals surface area contributed by atoms with Crippen LogP contribution in [0.4, 0.5) is 4.39 Å². The lowest BCUT2D eigenvalue weighted by atomic mass is 10.1. The second-order valence-corrected chi connectivity index (χ2v) is 4.65. The number of nitrogens with zero attached hydrogens (tertiary/aromatic N) is 2. The SMILES string of the molecule is CC(NCc1cccnc1C(N)=NO)c1cccc(F)c1. The molecule has 4 N–H and O–H groups in total. The topological polar surface area (TPSA) is 83.5 Å². The van der Waals surface area contributed by atoms with Gasteiger partial charge < -0.3 is 16.3 Å². The molecule has 0 radical (unpaired) electrons. The largest absolute Gasteiger partial charge is 0.409 e. The zero-order valence-corrected chi connectivity index (χ0v) is 11.6. The van der Waals surface area contributed by atoms with Gasteiger partial charge in [0.25, 0.3) is 0 Å². The Kier molecular flexibility index (Phi) is 4.84. The number of nitrogens with two attached hydrogens (primary N) is 1. The molecular weight excluding hydrogens is 271 g/mol. The third kappa shape index (κ3) is 3.76. The van der Waals surface area contributed by atoms with E-state index in [1.165, 1.54) is 12.1 Å². The summed E-state index contributed by atoms with van der Waals surface area (Å²) in [6.07, 6.45) is 1.58. The Balaban J connectivity index is 2.10. The average molecular weight is 288 g/mol. The Bertz CT molecular complexity index is 645. The van der Waals surface area contributed by atoms with Gasteiger partial charge in [-0.3, -0.25) is 4.98 Å². The first-order valence-electron chi connectivity index (χ1n) is 6.52. The standard InChI is InChI=1S/C15H17FN4O/c1-10(11-4-2-6-13(16)8-11)19-9-12-5-3-7-18-14(12)15(17)20-21/h2-8,10,19,21H,9H2,1H3,(H2,17,20). The minimum absolute atomic E-state index is 0.0363. The van der Waals surface area contributed by atoms with Crippen molar-refractivity contribution in [2.75, 3.05) is 0 Å². The van der Waals surface area contributed by atoms with Crippen molar-refractivity contribution in [2.45, 2.75) is 19.5 Å². The highest BCUT2D eigenvalue weighted by Crippen LogP contribution is 2.15. The van der Waals surface area contributed by atoms with E-state index in [-0.39, 0.29) is 17.7 Å². The summed E-state index contributed by atoms with van der Waals surface area (Å²) in [5.41, 5.74) is 7.68. The Morgan fingerprint density at radius 2 is 2.24 bits per heavy atom. The number of benzene rings is 1. The number of halogens is 1. The van der Waals surface area contributed by atoms with Crippen LogP contribution in [0, 0.1) is 5.82 Å². The molecule has 1 atom stereocenters. The first-order chi connectivity index (χ1) is 10.1. The van der Waals surface area contributed by atoms with E-state index >= 15 is 0 Å². The summed E-state index contributed by atoms with van der Waals surface area (Å²) in [4.78, 5) is 4.10. The van der Waals surface area contributed by atoms with Gasteiger partial charge in [-0.15, -0.1) is 0 Å². The molecule has 0 amide bonds. The van der Waals surface area contributed by atoms with Crippen LogP contribution in [0.2, 0.25) is 0 Å².